The predicted octanol–water partition coefficient (Wildman–Crippen LogP) is 4.87. The second kappa shape index (κ2) is 6.17. The molecule has 0 bridgehead atoms. The highest BCUT2D eigenvalue weighted by Crippen LogP contribution is 2.33. The van der Waals surface area contributed by atoms with Gasteiger partial charge in [0.1, 0.15) is 11.6 Å². The van der Waals surface area contributed by atoms with Gasteiger partial charge in [-0.25, -0.2) is 8.78 Å². The fraction of sp³-hybridized carbons (Fsp3) is 0.143. The summed E-state index contributed by atoms with van der Waals surface area (Å²) in [5.74, 6) is -1.15. The van der Waals surface area contributed by atoms with Gasteiger partial charge >= 0.3 is 0 Å². The van der Waals surface area contributed by atoms with Crippen LogP contribution in [-0.2, 0) is 5.33 Å². The lowest BCUT2D eigenvalue weighted by atomic mass is 10.2. The topological polar surface area (TPSA) is 52.4 Å². The minimum atomic E-state index is -0.850. The monoisotopic (exact) mass is 357 g/mol. The molecule has 0 unspecified atom stereocenters. The molecule has 0 spiro atoms. The molecular weight excluding hydrogens is 348 g/mol. The number of aryl methyl sites for hydroxylation is 1. The smallest absolute Gasteiger partial charge is 0.275 e. The lowest BCUT2D eigenvalue weighted by Gasteiger charge is -2.11. The minimum Gasteiger partial charge on any atom is -0.454 e. The van der Waals surface area contributed by atoms with Crippen molar-refractivity contribution in [3.05, 3.63) is 63.2 Å². The Labute approximate surface area is 127 Å². The first kappa shape index (κ1) is 15.4. The molecule has 2 aromatic carbocycles. The highest BCUT2D eigenvalue weighted by molar-refractivity contribution is 9.08. The second-order valence-electron chi connectivity index (χ2n) is 4.31. The van der Waals surface area contributed by atoms with Crippen LogP contribution in [0.4, 0.5) is 14.5 Å². The van der Waals surface area contributed by atoms with Crippen LogP contribution in [0.15, 0.2) is 30.3 Å². The number of hydrogen-bond acceptors (Lipinski definition) is 3. The summed E-state index contributed by atoms with van der Waals surface area (Å²) in [5.41, 5.74) is 0.462. The van der Waals surface area contributed by atoms with E-state index in [1.165, 1.54) is 31.2 Å². The quantitative estimate of drug-likeness (QED) is 0.445. The molecule has 0 aliphatic rings. The third-order valence-electron chi connectivity index (χ3n) is 2.83. The maximum Gasteiger partial charge on any atom is 0.275 e. The molecule has 0 aromatic heterocycles. The molecule has 0 saturated carbocycles. The molecule has 0 atom stereocenters. The number of nitrogens with zero attached hydrogens (tertiary/aromatic N) is 1. The van der Waals surface area contributed by atoms with Gasteiger partial charge in [-0.05, 0) is 31.2 Å². The molecule has 2 rings (SSSR count). The van der Waals surface area contributed by atoms with Gasteiger partial charge in [-0.3, -0.25) is 10.1 Å². The van der Waals surface area contributed by atoms with Crippen molar-refractivity contribution in [3.63, 3.8) is 0 Å². The van der Waals surface area contributed by atoms with Crippen LogP contribution in [0, 0.1) is 28.7 Å². The van der Waals surface area contributed by atoms with Crippen LogP contribution in [-0.4, -0.2) is 4.92 Å². The highest BCUT2D eigenvalue weighted by atomic mass is 79.9. The molecule has 0 heterocycles. The summed E-state index contributed by atoms with van der Waals surface area (Å²) in [6.45, 7) is 1.49. The molecule has 0 amide bonds. The molecule has 0 radical (unpaired) electrons. The van der Waals surface area contributed by atoms with Gasteiger partial charge in [0.2, 0.25) is 0 Å². The Morgan fingerprint density at radius 3 is 2.57 bits per heavy atom. The Hall–Kier alpha value is -2.02. The van der Waals surface area contributed by atoms with E-state index < -0.39 is 16.6 Å². The molecule has 0 fully saturated rings. The van der Waals surface area contributed by atoms with Crippen LogP contribution < -0.4 is 4.74 Å². The Morgan fingerprint density at radius 1 is 1.24 bits per heavy atom. The maximum absolute atomic E-state index is 13.9. The van der Waals surface area contributed by atoms with Gasteiger partial charge in [-0.15, -0.1) is 0 Å². The molecule has 21 heavy (non-hydrogen) atoms. The average molecular weight is 358 g/mol. The molecule has 0 aliphatic heterocycles. The third-order valence-corrected chi connectivity index (χ3v) is 3.44. The third kappa shape index (κ3) is 3.36. The summed E-state index contributed by atoms with van der Waals surface area (Å²) in [6.07, 6.45) is 0. The van der Waals surface area contributed by atoms with E-state index in [-0.39, 0.29) is 22.7 Å². The molecular formula is C14H10BrF2NO3. The van der Waals surface area contributed by atoms with E-state index in [4.69, 9.17) is 4.74 Å². The number of rotatable bonds is 4. The van der Waals surface area contributed by atoms with Crippen LogP contribution in [0.2, 0.25) is 0 Å². The van der Waals surface area contributed by atoms with Gasteiger partial charge in [-0.1, -0.05) is 15.9 Å². The van der Waals surface area contributed by atoms with E-state index in [0.29, 0.717) is 10.9 Å². The van der Waals surface area contributed by atoms with Crippen molar-refractivity contribution in [2.45, 2.75) is 12.3 Å². The largest absolute Gasteiger partial charge is 0.454 e. The van der Waals surface area contributed by atoms with Crippen LogP contribution in [0.25, 0.3) is 0 Å². The van der Waals surface area contributed by atoms with Crippen LogP contribution in [0.1, 0.15) is 11.1 Å². The summed E-state index contributed by atoms with van der Waals surface area (Å²) in [4.78, 5) is 10.1. The number of nitro groups is 1. The van der Waals surface area contributed by atoms with Crippen LogP contribution in [0.5, 0.6) is 11.5 Å². The van der Waals surface area contributed by atoms with Crippen molar-refractivity contribution in [2.24, 2.45) is 0 Å². The van der Waals surface area contributed by atoms with Crippen molar-refractivity contribution >= 4 is 21.6 Å². The Kier molecular flexibility index (Phi) is 4.52. The zero-order chi connectivity index (χ0) is 15.6. The van der Waals surface area contributed by atoms with Gasteiger partial charge in [0, 0.05) is 16.5 Å². The normalized spacial score (nSPS) is 10.5. The lowest BCUT2D eigenvalue weighted by Crippen LogP contribution is -1.97. The lowest BCUT2D eigenvalue weighted by molar-refractivity contribution is -0.385. The minimum absolute atomic E-state index is 0.146. The van der Waals surface area contributed by atoms with E-state index in [2.05, 4.69) is 15.9 Å². The number of halogens is 3. The van der Waals surface area contributed by atoms with Crippen molar-refractivity contribution < 1.29 is 18.4 Å². The molecule has 0 saturated heterocycles. The van der Waals surface area contributed by atoms with Crippen molar-refractivity contribution in [3.8, 4) is 11.5 Å². The van der Waals surface area contributed by atoms with Crippen LogP contribution in [0.3, 0.4) is 0 Å². The van der Waals surface area contributed by atoms with Crippen molar-refractivity contribution in [1.29, 1.82) is 0 Å². The second-order valence-corrected chi connectivity index (χ2v) is 4.87. The molecule has 0 aliphatic carbocycles. The molecule has 4 nitrogen and oxygen atoms in total. The number of nitro benzene ring substituents is 1. The number of benzene rings is 2. The maximum atomic E-state index is 13.9. The molecule has 0 N–H and O–H groups in total. The zero-order valence-corrected chi connectivity index (χ0v) is 12.5. The van der Waals surface area contributed by atoms with Gasteiger partial charge in [0.05, 0.1) is 11.0 Å². The number of ether oxygens (including phenoxy) is 1. The first-order chi connectivity index (χ1) is 9.92. The Bertz CT molecular complexity index is 707. The van der Waals surface area contributed by atoms with Gasteiger partial charge in [0.15, 0.2) is 11.6 Å². The first-order valence-electron chi connectivity index (χ1n) is 5.89. The van der Waals surface area contributed by atoms with Gasteiger partial charge in [0.25, 0.3) is 5.69 Å². The summed E-state index contributed by atoms with van der Waals surface area (Å²) < 4.78 is 32.4. The number of hydrogen-bond donors (Lipinski definition) is 0. The fourth-order valence-corrected chi connectivity index (χ4v) is 2.23. The molecule has 7 heteroatoms. The molecule has 2 aromatic rings. The van der Waals surface area contributed by atoms with E-state index >= 15 is 0 Å². The average Bonchev–Trinajstić information content (AvgIpc) is 2.43. The van der Waals surface area contributed by atoms with Gasteiger partial charge in [-0.2, -0.15) is 0 Å². The summed E-state index contributed by atoms with van der Waals surface area (Å²) in [6, 6.07) is 5.89. The van der Waals surface area contributed by atoms with Crippen molar-refractivity contribution in [1.82, 2.24) is 0 Å². The van der Waals surface area contributed by atoms with E-state index in [9.17, 15) is 18.9 Å². The van der Waals surface area contributed by atoms with E-state index in [1.54, 1.807) is 0 Å². The van der Waals surface area contributed by atoms with E-state index in [0.717, 1.165) is 6.07 Å². The van der Waals surface area contributed by atoms with Gasteiger partial charge < -0.3 is 4.74 Å². The highest BCUT2D eigenvalue weighted by Gasteiger charge is 2.17. The predicted molar refractivity (Wildman–Crippen MR) is 76.9 cm³/mol. The summed E-state index contributed by atoms with van der Waals surface area (Å²) in [7, 11) is 0. The SMILES string of the molecule is Cc1cc(Oc2ccc(F)cc2CBr)c(F)cc1[N+](=O)[O-]. The summed E-state index contributed by atoms with van der Waals surface area (Å²) >= 11 is 3.19. The Morgan fingerprint density at radius 2 is 1.95 bits per heavy atom. The molecule has 110 valence electrons. The standard InChI is InChI=1S/C14H10BrF2NO3/c1-8-4-14(11(17)6-12(8)18(19)20)21-13-3-2-10(16)5-9(13)7-15/h2-6H,7H2,1H3. The first-order valence-corrected chi connectivity index (χ1v) is 7.01. The summed E-state index contributed by atoms with van der Waals surface area (Å²) in [5, 5.41) is 11.1. The van der Waals surface area contributed by atoms with Crippen LogP contribution >= 0.6 is 15.9 Å². The Balaban J connectivity index is 2.41. The zero-order valence-electron chi connectivity index (χ0n) is 10.9. The number of alkyl halides is 1. The van der Waals surface area contributed by atoms with Crippen molar-refractivity contribution in [2.75, 3.05) is 0 Å². The van der Waals surface area contributed by atoms with E-state index in [1.807, 2.05) is 0 Å². The fourth-order valence-electron chi connectivity index (χ4n) is 1.79.